The lowest BCUT2D eigenvalue weighted by Crippen LogP contribution is -2.36. The molecular weight excluding hydrogens is 354 g/mol. The molecule has 0 amide bonds. The van der Waals surface area contributed by atoms with Crippen LogP contribution in [0.15, 0.2) is 36.4 Å². The predicted octanol–water partition coefficient (Wildman–Crippen LogP) is 3.24. The summed E-state index contributed by atoms with van der Waals surface area (Å²) in [6.07, 6.45) is 0. The molecule has 146 valence electrons. The molecule has 7 nitrogen and oxygen atoms in total. The first-order valence-electron chi connectivity index (χ1n) is 9.42. The Bertz CT molecular complexity index is 985. The van der Waals surface area contributed by atoms with Crippen molar-refractivity contribution in [1.29, 1.82) is 0 Å². The molecule has 0 spiro atoms. The molecule has 1 aliphatic heterocycles. The molecule has 0 aliphatic carbocycles. The van der Waals surface area contributed by atoms with E-state index in [2.05, 4.69) is 37.6 Å². The number of fused-ring (bicyclic) bond motifs is 1. The van der Waals surface area contributed by atoms with Crippen LogP contribution in [0.25, 0.3) is 11.5 Å². The van der Waals surface area contributed by atoms with Gasteiger partial charge in [0.1, 0.15) is 17.2 Å². The van der Waals surface area contributed by atoms with Crippen LogP contribution in [0, 0.1) is 6.92 Å². The maximum atomic E-state index is 5.56. The summed E-state index contributed by atoms with van der Waals surface area (Å²) in [5.41, 5.74) is 2.98. The summed E-state index contributed by atoms with van der Waals surface area (Å²) in [5, 5.41) is 8.93. The molecule has 28 heavy (non-hydrogen) atoms. The number of rotatable bonds is 5. The highest BCUT2D eigenvalue weighted by molar-refractivity contribution is 5.50. The molecule has 2 aromatic heterocycles. The lowest BCUT2D eigenvalue weighted by molar-refractivity contribution is 0.155. The van der Waals surface area contributed by atoms with Crippen molar-refractivity contribution in [2.24, 2.45) is 0 Å². The topological polar surface area (TPSA) is 65.3 Å². The lowest BCUT2D eigenvalue weighted by Gasteiger charge is -2.34. The predicted molar refractivity (Wildman–Crippen MR) is 106 cm³/mol. The smallest absolute Gasteiger partial charge is 0.182 e. The highest BCUT2D eigenvalue weighted by atomic mass is 16.5. The van der Waals surface area contributed by atoms with Gasteiger partial charge in [-0.15, -0.1) is 10.2 Å². The second-order valence-corrected chi connectivity index (χ2v) is 7.02. The first-order chi connectivity index (χ1) is 13.6. The summed E-state index contributed by atoms with van der Waals surface area (Å²) in [6.45, 7) is 6.67. The summed E-state index contributed by atoms with van der Waals surface area (Å²) in [7, 11) is 3.35. The maximum Gasteiger partial charge on any atom is 0.182 e. The number of aromatic nitrogens is 4. The Morgan fingerprint density at radius 1 is 1.07 bits per heavy atom. The zero-order valence-corrected chi connectivity index (χ0v) is 16.7. The molecule has 1 aliphatic rings. The molecule has 0 radical (unpaired) electrons. The number of hydrogen-bond acceptors (Lipinski definition) is 6. The van der Waals surface area contributed by atoms with E-state index in [1.54, 1.807) is 14.2 Å². The van der Waals surface area contributed by atoms with Crippen LogP contribution in [0.2, 0.25) is 0 Å². The quantitative estimate of drug-likeness (QED) is 0.678. The minimum atomic E-state index is 0.145. The largest absolute Gasteiger partial charge is 0.497 e. The van der Waals surface area contributed by atoms with Gasteiger partial charge in [-0.3, -0.25) is 4.90 Å². The van der Waals surface area contributed by atoms with Crippen LogP contribution in [0.4, 0.5) is 0 Å². The van der Waals surface area contributed by atoms with Gasteiger partial charge in [0.25, 0.3) is 0 Å². The second-order valence-electron chi connectivity index (χ2n) is 7.02. The van der Waals surface area contributed by atoms with Crippen molar-refractivity contribution in [2.75, 3.05) is 20.8 Å². The Morgan fingerprint density at radius 3 is 2.68 bits per heavy atom. The average molecular weight is 379 g/mol. The monoisotopic (exact) mass is 379 g/mol. The van der Waals surface area contributed by atoms with Crippen LogP contribution >= 0.6 is 0 Å². The van der Waals surface area contributed by atoms with Crippen molar-refractivity contribution in [3.63, 3.8) is 0 Å². The normalized spacial score (nSPS) is 16.6. The van der Waals surface area contributed by atoms with E-state index >= 15 is 0 Å². The summed E-state index contributed by atoms with van der Waals surface area (Å²) in [5.74, 6) is 3.44. The Balaban J connectivity index is 1.59. The summed E-state index contributed by atoms with van der Waals surface area (Å²) < 4.78 is 13.0. The molecule has 1 atom stereocenters. The van der Waals surface area contributed by atoms with Crippen LogP contribution in [0.3, 0.4) is 0 Å². The van der Waals surface area contributed by atoms with Crippen molar-refractivity contribution in [3.8, 4) is 23.0 Å². The van der Waals surface area contributed by atoms with Crippen molar-refractivity contribution in [2.45, 2.75) is 33.0 Å². The number of nitrogens with zero attached hydrogens (tertiary/aromatic N) is 5. The third kappa shape index (κ3) is 3.33. The van der Waals surface area contributed by atoms with Gasteiger partial charge in [-0.2, -0.15) is 0 Å². The van der Waals surface area contributed by atoms with E-state index in [-0.39, 0.29) is 6.04 Å². The molecule has 0 bridgehead atoms. The second kappa shape index (κ2) is 7.59. The van der Waals surface area contributed by atoms with Gasteiger partial charge in [0.15, 0.2) is 11.6 Å². The number of ether oxygens (including phenoxy) is 2. The molecule has 0 fully saturated rings. The molecular formula is C21H25N5O2. The van der Waals surface area contributed by atoms with Crippen LogP contribution in [-0.4, -0.2) is 45.4 Å². The van der Waals surface area contributed by atoms with Gasteiger partial charge in [-0.1, -0.05) is 12.1 Å². The molecule has 4 rings (SSSR count). The maximum absolute atomic E-state index is 5.56. The van der Waals surface area contributed by atoms with Gasteiger partial charge in [0.05, 0.1) is 20.3 Å². The van der Waals surface area contributed by atoms with Gasteiger partial charge in [-0.05, 0) is 32.0 Å². The standard InChI is InChI=1S/C21H25N5O2/c1-14-6-5-7-18(22-14)21-24-23-20-15(2)25(10-11-26(20)21)13-16-8-9-17(27-3)12-19(16)28-4/h5-9,12,15H,10-11,13H2,1-4H3. The first kappa shape index (κ1) is 18.4. The van der Waals surface area contributed by atoms with Crippen molar-refractivity contribution >= 4 is 0 Å². The van der Waals surface area contributed by atoms with Gasteiger partial charge < -0.3 is 14.0 Å². The number of aryl methyl sites for hydroxylation is 1. The van der Waals surface area contributed by atoms with Crippen molar-refractivity contribution in [1.82, 2.24) is 24.6 Å². The Labute approximate surface area is 164 Å². The fourth-order valence-electron chi connectivity index (χ4n) is 3.70. The van der Waals surface area contributed by atoms with E-state index in [0.717, 1.165) is 59.7 Å². The van der Waals surface area contributed by atoms with E-state index in [1.807, 2.05) is 37.3 Å². The van der Waals surface area contributed by atoms with Crippen LogP contribution in [0.5, 0.6) is 11.5 Å². The number of methoxy groups -OCH3 is 2. The first-order valence-corrected chi connectivity index (χ1v) is 9.42. The third-order valence-corrected chi connectivity index (χ3v) is 5.30. The average Bonchev–Trinajstić information content (AvgIpc) is 3.15. The number of pyridine rings is 1. The van der Waals surface area contributed by atoms with Crippen molar-refractivity contribution in [3.05, 3.63) is 53.5 Å². The Kier molecular flexibility index (Phi) is 5.00. The molecule has 3 heterocycles. The Hall–Kier alpha value is -2.93. The number of hydrogen-bond donors (Lipinski definition) is 0. The van der Waals surface area contributed by atoms with Crippen LogP contribution in [0.1, 0.15) is 30.0 Å². The zero-order valence-electron chi connectivity index (χ0n) is 16.7. The third-order valence-electron chi connectivity index (χ3n) is 5.30. The Morgan fingerprint density at radius 2 is 1.93 bits per heavy atom. The van der Waals surface area contributed by atoms with Gasteiger partial charge in [0, 0.05) is 37.0 Å². The highest BCUT2D eigenvalue weighted by Crippen LogP contribution is 2.32. The molecule has 1 aromatic carbocycles. The van der Waals surface area contributed by atoms with Crippen LogP contribution in [-0.2, 0) is 13.1 Å². The van der Waals surface area contributed by atoms with E-state index in [9.17, 15) is 0 Å². The van der Waals surface area contributed by atoms with E-state index < -0.39 is 0 Å². The number of benzene rings is 1. The minimum Gasteiger partial charge on any atom is -0.497 e. The highest BCUT2D eigenvalue weighted by Gasteiger charge is 2.29. The zero-order chi connectivity index (χ0) is 19.7. The molecule has 7 heteroatoms. The summed E-state index contributed by atoms with van der Waals surface area (Å²) >= 11 is 0. The molecule has 0 N–H and O–H groups in total. The summed E-state index contributed by atoms with van der Waals surface area (Å²) in [4.78, 5) is 7.00. The van der Waals surface area contributed by atoms with E-state index in [0.29, 0.717) is 0 Å². The molecule has 0 saturated carbocycles. The van der Waals surface area contributed by atoms with E-state index in [4.69, 9.17) is 9.47 Å². The van der Waals surface area contributed by atoms with Gasteiger partial charge in [-0.25, -0.2) is 4.98 Å². The van der Waals surface area contributed by atoms with Crippen molar-refractivity contribution < 1.29 is 9.47 Å². The SMILES string of the molecule is COc1ccc(CN2CCn3c(-c4cccc(C)n4)nnc3C2C)c(OC)c1. The summed E-state index contributed by atoms with van der Waals surface area (Å²) in [6, 6.07) is 12.1. The minimum absolute atomic E-state index is 0.145. The van der Waals surface area contributed by atoms with E-state index in [1.165, 1.54) is 0 Å². The fourth-order valence-corrected chi connectivity index (χ4v) is 3.70. The molecule has 3 aromatic rings. The van der Waals surface area contributed by atoms with Gasteiger partial charge in [0.2, 0.25) is 0 Å². The molecule has 1 unspecified atom stereocenters. The van der Waals surface area contributed by atoms with Crippen LogP contribution < -0.4 is 9.47 Å². The molecule has 0 saturated heterocycles. The fraction of sp³-hybridized carbons (Fsp3) is 0.381. The van der Waals surface area contributed by atoms with Gasteiger partial charge >= 0.3 is 0 Å². The lowest BCUT2D eigenvalue weighted by atomic mass is 10.1.